The molecule has 1 aliphatic heterocycles. The molecule has 0 bridgehead atoms. The summed E-state index contributed by atoms with van der Waals surface area (Å²) in [6.45, 7) is 2.18. The normalized spacial score (nSPS) is 26.7. The summed E-state index contributed by atoms with van der Waals surface area (Å²) in [5.74, 6) is 2.28. The summed E-state index contributed by atoms with van der Waals surface area (Å²) in [6.07, 6.45) is 3.92. The Hall–Kier alpha value is -0.390. The van der Waals surface area contributed by atoms with Gasteiger partial charge in [-0.05, 0) is 12.5 Å². The van der Waals surface area contributed by atoms with Crippen molar-refractivity contribution in [2.45, 2.75) is 29.9 Å². The number of hydrogen-bond donors (Lipinski definition) is 2. The summed E-state index contributed by atoms with van der Waals surface area (Å²) in [4.78, 5) is 4.06. The molecule has 3 N–H and O–H groups in total. The third kappa shape index (κ3) is 2.89. The Morgan fingerprint density at radius 1 is 1.53 bits per heavy atom. The molecule has 5 heteroatoms. The van der Waals surface area contributed by atoms with E-state index in [-0.39, 0.29) is 5.25 Å². The maximum Gasteiger partial charge on any atom is 0.0954 e. The van der Waals surface area contributed by atoms with Crippen LogP contribution in [0.5, 0.6) is 0 Å². The number of aromatic nitrogens is 1. The lowest BCUT2D eigenvalue weighted by atomic mass is 10.0. The van der Waals surface area contributed by atoms with Crippen molar-refractivity contribution in [3.8, 4) is 0 Å². The third-order valence-corrected chi connectivity index (χ3v) is 6.35. The van der Waals surface area contributed by atoms with Gasteiger partial charge in [-0.25, -0.2) is 0 Å². The van der Waals surface area contributed by atoms with E-state index < -0.39 is 6.10 Å². The molecule has 0 radical (unpaired) electrons. The largest absolute Gasteiger partial charge is 0.398 e. The lowest BCUT2D eigenvalue weighted by Crippen LogP contribution is -2.31. The molecule has 1 fully saturated rings. The van der Waals surface area contributed by atoms with Crippen LogP contribution in [0, 0.1) is 0 Å². The number of thioether (sulfide) groups is 2. The lowest BCUT2D eigenvalue weighted by molar-refractivity contribution is 0.172. The van der Waals surface area contributed by atoms with Gasteiger partial charge in [0.15, 0.2) is 0 Å². The highest BCUT2D eigenvalue weighted by atomic mass is 32.2. The van der Waals surface area contributed by atoms with Crippen LogP contribution in [0.2, 0.25) is 0 Å². The molecule has 0 spiro atoms. The van der Waals surface area contributed by atoms with E-state index in [2.05, 4.69) is 11.9 Å². The fourth-order valence-electron chi connectivity index (χ4n) is 2.07. The minimum absolute atomic E-state index is 0.227. The van der Waals surface area contributed by atoms with E-state index in [9.17, 15) is 5.11 Å². The van der Waals surface area contributed by atoms with Gasteiger partial charge in [-0.15, -0.1) is 0 Å². The summed E-state index contributed by atoms with van der Waals surface area (Å²) in [7, 11) is 0. The molecule has 94 valence electrons. The van der Waals surface area contributed by atoms with Crippen LogP contribution in [0.25, 0.3) is 0 Å². The number of aliphatic hydroxyl groups excluding tert-OH is 1. The minimum Gasteiger partial charge on any atom is -0.398 e. The molecule has 1 aromatic heterocycles. The third-order valence-electron chi connectivity index (χ3n) is 3.01. The molecule has 3 nitrogen and oxygen atoms in total. The van der Waals surface area contributed by atoms with Crippen LogP contribution in [-0.2, 0) is 0 Å². The van der Waals surface area contributed by atoms with Gasteiger partial charge in [0.2, 0.25) is 0 Å². The summed E-state index contributed by atoms with van der Waals surface area (Å²) < 4.78 is 0. The molecule has 0 aromatic carbocycles. The van der Waals surface area contributed by atoms with Gasteiger partial charge in [0.05, 0.1) is 6.10 Å². The van der Waals surface area contributed by atoms with Gasteiger partial charge in [0.1, 0.15) is 0 Å². The molecule has 3 unspecified atom stereocenters. The summed E-state index contributed by atoms with van der Waals surface area (Å²) in [5, 5.41) is 11.2. The average Bonchev–Trinajstić information content (AvgIpc) is 2.38. The van der Waals surface area contributed by atoms with Gasteiger partial charge in [-0.3, -0.25) is 4.98 Å². The topological polar surface area (TPSA) is 59.1 Å². The van der Waals surface area contributed by atoms with Gasteiger partial charge in [-0.2, -0.15) is 23.5 Å². The zero-order chi connectivity index (χ0) is 12.3. The Morgan fingerprint density at radius 2 is 2.29 bits per heavy atom. The second kappa shape index (κ2) is 5.98. The van der Waals surface area contributed by atoms with Crippen LogP contribution in [-0.4, -0.2) is 32.1 Å². The molecule has 1 aromatic rings. The Morgan fingerprint density at radius 3 is 3.00 bits per heavy atom. The molecule has 1 saturated heterocycles. The standard InChI is InChI=1S/C12H18N2OS2/c1-2-10-12(17-6-5-16-10)11(15)8-7-14-4-3-9(8)13/h3-4,7,10-12,15H,2,5-6H2,1H3,(H2,13,14). The second-order valence-corrected chi connectivity index (χ2v) is 6.74. The summed E-state index contributed by atoms with van der Waals surface area (Å²) in [5.41, 5.74) is 7.31. The number of hydrogen-bond acceptors (Lipinski definition) is 5. The van der Waals surface area contributed by atoms with Crippen molar-refractivity contribution in [3.63, 3.8) is 0 Å². The van der Waals surface area contributed by atoms with Crippen LogP contribution < -0.4 is 5.73 Å². The van der Waals surface area contributed by atoms with Gasteiger partial charge in [0.25, 0.3) is 0 Å². The zero-order valence-electron chi connectivity index (χ0n) is 9.87. The predicted octanol–water partition coefficient (Wildman–Crippen LogP) is 2.32. The van der Waals surface area contributed by atoms with Gasteiger partial charge < -0.3 is 10.8 Å². The number of aliphatic hydroxyl groups is 1. The molecule has 1 aliphatic rings. The van der Waals surface area contributed by atoms with Gasteiger partial charge in [0, 0.05) is 45.7 Å². The monoisotopic (exact) mass is 270 g/mol. The maximum atomic E-state index is 10.5. The van der Waals surface area contributed by atoms with E-state index >= 15 is 0 Å². The quantitative estimate of drug-likeness (QED) is 0.883. The van der Waals surface area contributed by atoms with Crippen molar-refractivity contribution < 1.29 is 5.11 Å². The van der Waals surface area contributed by atoms with Crippen molar-refractivity contribution in [2.75, 3.05) is 17.2 Å². The highest BCUT2D eigenvalue weighted by Gasteiger charge is 2.32. The molecular formula is C12H18N2OS2. The Kier molecular flexibility index (Phi) is 4.59. The summed E-state index contributed by atoms with van der Waals surface area (Å²) >= 11 is 3.81. The zero-order valence-corrected chi connectivity index (χ0v) is 11.5. The number of nitrogens with zero attached hydrogens (tertiary/aromatic N) is 1. The highest BCUT2D eigenvalue weighted by Crippen LogP contribution is 2.41. The number of rotatable bonds is 3. The van der Waals surface area contributed by atoms with Crippen LogP contribution in [0.3, 0.4) is 0 Å². The van der Waals surface area contributed by atoms with E-state index in [1.807, 2.05) is 23.5 Å². The fraction of sp³-hybridized carbons (Fsp3) is 0.583. The van der Waals surface area contributed by atoms with Crippen molar-refractivity contribution in [2.24, 2.45) is 0 Å². The van der Waals surface area contributed by atoms with E-state index in [1.54, 1.807) is 18.5 Å². The molecule has 0 saturated carbocycles. The van der Waals surface area contributed by atoms with Crippen LogP contribution in [0.15, 0.2) is 18.5 Å². The highest BCUT2D eigenvalue weighted by molar-refractivity contribution is 8.07. The van der Waals surface area contributed by atoms with Crippen molar-refractivity contribution >= 4 is 29.2 Å². The average molecular weight is 270 g/mol. The fourth-order valence-corrected chi connectivity index (χ4v) is 5.20. The number of nitrogen functional groups attached to an aromatic ring is 1. The molecule has 17 heavy (non-hydrogen) atoms. The Bertz CT molecular complexity index is 375. The first-order chi connectivity index (χ1) is 8.24. The van der Waals surface area contributed by atoms with Crippen LogP contribution in [0.1, 0.15) is 25.0 Å². The lowest BCUT2D eigenvalue weighted by Gasteiger charge is -2.33. The van der Waals surface area contributed by atoms with Crippen molar-refractivity contribution in [3.05, 3.63) is 24.0 Å². The van der Waals surface area contributed by atoms with Crippen LogP contribution in [0.4, 0.5) is 5.69 Å². The molecular weight excluding hydrogens is 252 g/mol. The predicted molar refractivity (Wildman–Crippen MR) is 76.4 cm³/mol. The SMILES string of the molecule is CCC1SCCSC1C(O)c1cnccc1N. The van der Waals surface area contributed by atoms with Crippen molar-refractivity contribution in [1.82, 2.24) is 4.98 Å². The van der Waals surface area contributed by atoms with E-state index in [0.29, 0.717) is 10.9 Å². The first kappa shape index (κ1) is 13.1. The maximum absolute atomic E-state index is 10.5. The molecule has 2 rings (SSSR count). The first-order valence-corrected chi connectivity index (χ1v) is 7.94. The van der Waals surface area contributed by atoms with Gasteiger partial charge >= 0.3 is 0 Å². The van der Waals surface area contributed by atoms with E-state index in [1.165, 1.54) is 5.75 Å². The first-order valence-electron chi connectivity index (χ1n) is 5.84. The number of pyridine rings is 1. The molecule has 3 atom stereocenters. The Labute approximate surface area is 111 Å². The van der Waals surface area contributed by atoms with E-state index in [0.717, 1.165) is 17.7 Å². The number of anilines is 1. The molecule has 0 aliphatic carbocycles. The molecule has 0 amide bonds. The smallest absolute Gasteiger partial charge is 0.0954 e. The second-order valence-electron chi connectivity index (χ2n) is 4.10. The van der Waals surface area contributed by atoms with Crippen molar-refractivity contribution in [1.29, 1.82) is 0 Å². The number of nitrogens with two attached hydrogens (primary N) is 1. The molecule has 2 heterocycles. The van der Waals surface area contributed by atoms with Gasteiger partial charge in [-0.1, -0.05) is 6.92 Å². The summed E-state index contributed by atoms with van der Waals surface area (Å²) in [6, 6.07) is 1.75. The van der Waals surface area contributed by atoms with Crippen LogP contribution >= 0.6 is 23.5 Å². The Balaban J connectivity index is 2.18. The van der Waals surface area contributed by atoms with E-state index in [4.69, 9.17) is 5.73 Å². The minimum atomic E-state index is -0.508.